The zero-order chi connectivity index (χ0) is 11.5. The molecule has 0 radical (unpaired) electrons. The van der Waals surface area contributed by atoms with Crippen molar-refractivity contribution in [3.05, 3.63) is 33.7 Å². The van der Waals surface area contributed by atoms with Crippen molar-refractivity contribution in [3.8, 4) is 0 Å². The van der Waals surface area contributed by atoms with Gasteiger partial charge in [-0.05, 0) is 31.2 Å². The van der Waals surface area contributed by atoms with Gasteiger partial charge < -0.3 is 9.67 Å². The lowest BCUT2D eigenvalue weighted by molar-refractivity contribution is 0.141. The van der Waals surface area contributed by atoms with Crippen molar-refractivity contribution in [2.24, 2.45) is 0 Å². The smallest absolute Gasteiger partial charge is 0.250 e. The minimum absolute atomic E-state index is 0.0239. The first kappa shape index (κ1) is 11.4. The summed E-state index contributed by atoms with van der Waals surface area (Å²) in [6.45, 7) is 2.50. The van der Waals surface area contributed by atoms with Crippen LogP contribution in [0.5, 0.6) is 0 Å². The minimum Gasteiger partial charge on any atom is -0.391 e. The van der Waals surface area contributed by atoms with Crippen molar-refractivity contribution < 1.29 is 5.11 Å². The average Bonchev–Trinajstić information content (AvgIpc) is 2.71. The van der Waals surface area contributed by atoms with Crippen LogP contribution in [0.3, 0.4) is 0 Å². The lowest BCUT2D eigenvalue weighted by Gasteiger charge is -2.15. The number of fused-ring (bicyclic) bond motifs is 1. The van der Waals surface area contributed by atoms with Crippen LogP contribution in [-0.2, 0) is 19.4 Å². The van der Waals surface area contributed by atoms with Gasteiger partial charge in [0, 0.05) is 11.8 Å². The molecule has 1 aliphatic carbocycles. The number of aliphatic hydroxyl groups excluding tert-OH is 1. The van der Waals surface area contributed by atoms with Crippen LogP contribution in [0.25, 0.3) is 0 Å². The highest BCUT2D eigenvalue weighted by Gasteiger charge is 2.17. The van der Waals surface area contributed by atoms with Crippen LogP contribution < -0.4 is 5.56 Å². The second kappa shape index (κ2) is 4.83. The molecule has 0 saturated carbocycles. The number of nitrogens with zero attached hydrogens (tertiary/aromatic N) is 1. The summed E-state index contributed by atoms with van der Waals surface area (Å²) in [6.07, 6.45) is 4.49. The van der Waals surface area contributed by atoms with Crippen molar-refractivity contribution >= 4 is 0 Å². The third-order valence-corrected chi connectivity index (χ3v) is 3.26. The molecule has 1 unspecified atom stereocenters. The van der Waals surface area contributed by atoms with Crippen LogP contribution in [0.4, 0.5) is 0 Å². The Morgan fingerprint density at radius 1 is 1.44 bits per heavy atom. The van der Waals surface area contributed by atoms with Crippen LogP contribution in [0.1, 0.15) is 37.4 Å². The highest BCUT2D eigenvalue weighted by Crippen LogP contribution is 2.20. The number of aromatic nitrogens is 1. The SMILES string of the molecule is CCCC(O)Cn1c2c(ccc1=O)CCC2. The number of aliphatic hydroxyl groups is 1. The van der Waals surface area contributed by atoms with E-state index in [4.69, 9.17) is 0 Å². The maximum absolute atomic E-state index is 11.8. The summed E-state index contributed by atoms with van der Waals surface area (Å²) in [4.78, 5) is 11.8. The summed E-state index contributed by atoms with van der Waals surface area (Å²) in [5.41, 5.74) is 2.45. The number of hydrogen-bond donors (Lipinski definition) is 1. The highest BCUT2D eigenvalue weighted by atomic mass is 16.3. The van der Waals surface area contributed by atoms with Crippen LogP contribution in [-0.4, -0.2) is 15.8 Å². The van der Waals surface area contributed by atoms with Crippen molar-refractivity contribution in [2.75, 3.05) is 0 Å². The van der Waals surface area contributed by atoms with Crippen LogP contribution in [0, 0.1) is 0 Å². The van der Waals surface area contributed by atoms with E-state index in [0.29, 0.717) is 6.54 Å². The molecule has 3 nitrogen and oxygen atoms in total. The number of rotatable bonds is 4. The van der Waals surface area contributed by atoms with Gasteiger partial charge in [0.1, 0.15) is 0 Å². The maximum Gasteiger partial charge on any atom is 0.250 e. The lowest BCUT2D eigenvalue weighted by Crippen LogP contribution is -2.28. The zero-order valence-electron chi connectivity index (χ0n) is 9.78. The van der Waals surface area contributed by atoms with Gasteiger partial charge in [0.05, 0.1) is 12.6 Å². The fraction of sp³-hybridized carbons (Fsp3) is 0.615. The first-order valence-corrected chi connectivity index (χ1v) is 6.12. The van der Waals surface area contributed by atoms with Gasteiger partial charge in [-0.15, -0.1) is 0 Å². The van der Waals surface area contributed by atoms with Crippen molar-refractivity contribution in [3.63, 3.8) is 0 Å². The summed E-state index contributed by atoms with van der Waals surface area (Å²) < 4.78 is 1.77. The predicted molar refractivity (Wildman–Crippen MR) is 63.6 cm³/mol. The molecule has 0 spiro atoms. The predicted octanol–water partition coefficient (Wildman–Crippen LogP) is 1.50. The van der Waals surface area contributed by atoms with Gasteiger partial charge in [-0.2, -0.15) is 0 Å². The van der Waals surface area contributed by atoms with Crippen LogP contribution in [0.15, 0.2) is 16.9 Å². The lowest BCUT2D eigenvalue weighted by atomic mass is 10.2. The molecule has 0 amide bonds. The third-order valence-electron chi connectivity index (χ3n) is 3.26. The topological polar surface area (TPSA) is 42.2 Å². The molecule has 1 N–H and O–H groups in total. The molecule has 16 heavy (non-hydrogen) atoms. The summed E-state index contributed by atoms with van der Waals surface area (Å²) in [5, 5.41) is 9.80. The molecule has 1 aliphatic rings. The van der Waals surface area contributed by atoms with Gasteiger partial charge in [0.25, 0.3) is 5.56 Å². The van der Waals surface area contributed by atoms with E-state index in [1.807, 2.05) is 13.0 Å². The Labute approximate surface area is 95.7 Å². The Kier molecular flexibility index (Phi) is 3.44. The number of aryl methyl sites for hydroxylation is 1. The molecule has 1 aromatic heterocycles. The average molecular weight is 221 g/mol. The molecule has 88 valence electrons. The molecule has 0 fully saturated rings. The molecule has 0 aromatic carbocycles. The molecule has 0 saturated heterocycles. The molecule has 0 bridgehead atoms. The molecule has 1 atom stereocenters. The van der Waals surface area contributed by atoms with E-state index in [0.717, 1.165) is 37.8 Å². The Hall–Kier alpha value is -1.09. The first-order valence-electron chi connectivity index (χ1n) is 6.12. The summed E-state index contributed by atoms with van der Waals surface area (Å²) in [7, 11) is 0. The fourth-order valence-corrected chi connectivity index (χ4v) is 2.47. The monoisotopic (exact) mass is 221 g/mol. The number of hydrogen-bond acceptors (Lipinski definition) is 2. The summed E-state index contributed by atoms with van der Waals surface area (Å²) in [5.74, 6) is 0. The van der Waals surface area contributed by atoms with Gasteiger partial charge >= 0.3 is 0 Å². The minimum atomic E-state index is -0.394. The molecule has 2 rings (SSSR count). The zero-order valence-corrected chi connectivity index (χ0v) is 9.78. The Morgan fingerprint density at radius 3 is 3.00 bits per heavy atom. The second-order valence-corrected chi connectivity index (χ2v) is 4.55. The van der Waals surface area contributed by atoms with Crippen molar-refractivity contribution in [2.45, 2.75) is 51.7 Å². The normalized spacial score (nSPS) is 16.1. The molecular weight excluding hydrogens is 202 g/mol. The highest BCUT2D eigenvalue weighted by molar-refractivity contribution is 5.25. The molecular formula is C13H19NO2. The largest absolute Gasteiger partial charge is 0.391 e. The van der Waals surface area contributed by atoms with E-state index in [-0.39, 0.29) is 5.56 Å². The Bertz CT molecular complexity index is 422. The fourth-order valence-electron chi connectivity index (χ4n) is 2.47. The van der Waals surface area contributed by atoms with Crippen LogP contribution >= 0.6 is 0 Å². The standard InChI is InChI=1S/C13H19NO2/c1-2-4-11(15)9-14-12-6-3-5-10(12)7-8-13(14)16/h7-8,11,15H,2-6,9H2,1H3. The van der Waals surface area contributed by atoms with Gasteiger partial charge in [0.2, 0.25) is 0 Å². The van der Waals surface area contributed by atoms with Gasteiger partial charge in [-0.3, -0.25) is 4.79 Å². The maximum atomic E-state index is 11.8. The molecule has 1 aromatic rings. The van der Waals surface area contributed by atoms with Crippen molar-refractivity contribution in [1.29, 1.82) is 0 Å². The molecule has 0 aliphatic heterocycles. The summed E-state index contributed by atoms with van der Waals surface area (Å²) >= 11 is 0. The number of pyridine rings is 1. The van der Waals surface area contributed by atoms with E-state index in [1.54, 1.807) is 10.6 Å². The van der Waals surface area contributed by atoms with E-state index >= 15 is 0 Å². The van der Waals surface area contributed by atoms with E-state index in [2.05, 4.69) is 0 Å². The first-order chi connectivity index (χ1) is 7.72. The Balaban J connectivity index is 2.26. The molecule has 1 heterocycles. The second-order valence-electron chi connectivity index (χ2n) is 4.55. The van der Waals surface area contributed by atoms with E-state index in [9.17, 15) is 9.90 Å². The van der Waals surface area contributed by atoms with Gasteiger partial charge in [0.15, 0.2) is 0 Å². The van der Waals surface area contributed by atoms with E-state index in [1.165, 1.54) is 5.56 Å². The Morgan fingerprint density at radius 2 is 2.25 bits per heavy atom. The van der Waals surface area contributed by atoms with Gasteiger partial charge in [-0.25, -0.2) is 0 Å². The van der Waals surface area contributed by atoms with Gasteiger partial charge in [-0.1, -0.05) is 19.4 Å². The van der Waals surface area contributed by atoms with E-state index < -0.39 is 6.10 Å². The summed E-state index contributed by atoms with van der Waals surface area (Å²) in [6, 6.07) is 3.57. The van der Waals surface area contributed by atoms with Crippen LogP contribution in [0.2, 0.25) is 0 Å². The third kappa shape index (κ3) is 2.19. The molecule has 3 heteroatoms. The van der Waals surface area contributed by atoms with Crippen molar-refractivity contribution in [1.82, 2.24) is 4.57 Å². The quantitative estimate of drug-likeness (QED) is 0.837.